The van der Waals surface area contributed by atoms with Crippen LogP contribution in [0.3, 0.4) is 0 Å². The molecule has 0 aliphatic carbocycles. The Bertz CT molecular complexity index is 1360. The van der Waals surface area contributed by atoms with Crippen molar-refractivity contribution in [3.63, 3.8) is 0 Å². The van der Waals surface area contributed by atoms with Crippen LogP contribution < -0.4 is 5.32 Å². The zero-order valence-corrected chi connectivity index (χ0v) is 16.1. The Morgan fingerprint density at radius 2 is 1.80 bits per heavy atom. The molecule has 1 amide bonds. The Morgan fingerprint density at radius 3 is 2.63 bits per heavy atom. The number of halogens is 1. The summed E-state index contributed by atoms with van der Waals surface area (Å²) >= 11 is 6.34. The van der Waals surface area contributed by atoms with E-state index in [1.807, 2.05) is 42.5 Å². The third-order valence-corrected chi connectivity index (χ3v) is 4.82. The molecule has 1 N–H and O–H groups in total. The molecule has 0 radical (unpaired) electrons. The van der Waals surface area contributed by atoms with Crippen molar-refractivity contribution in [2.75, 3.05) is 5.32 Å². The van der Waals surface area contributed by atoms with Gasteiger partial charge in [0.25, 0.3) is 11.8 Å². The van der Waals surface area contributed by atoms with E-state index in [9.17, 15) is 4.79 Å². The van der Waals surface area contributed by atoms with Crippen LogP contribution >= 0.6 is 11.6 Å². The molecular weight excluding hydrogens is 404 g/mol. The second-order valence-electron chi connectivity index (χ2n) is 6.40. The van der Waals surface area contributed by atoms with Gasteiger partial charge in [0.1, 0.15) is 0 Å². The molecule has 0 aliphatic rings. The van der Waals surface area contributed by atoms with Crippen molar-refractivity contribution in [1.82, 2.24) is 15.2 Å². The van der Waals surface area contributed by atoms with Gasteiger partial charge < -0.3 is 8.83 Å². The van der Waals surface area contributed by atoms with E-state index in [2.05, 4.69) is 20.5 Å². The Morgan fingerprint density at radius 1 is 0.967 bits per heavy atom. The first kappa shape index (κ1) is 18.1. The van der Waals surface area contributed by atoms with Crippen LogP contribution in [0.25, 0.3) is 33.8 Å². The Hall–Kier alpha value is -3.97. The van der Waals surface area contributed by atoms with E-state index in [4.69, 9.17) is 20.4 Å². The molecule has 8 heteroatoms. The highest BCUT2D eigenvalue weighted by atomic mass is 35.5. The molecule has 5 aromatic rings. The summed E-state index contributed by atoms with van der Waals surface area (Å²) in [6.45, 7) is 0. The van der Waals surface area contributed by atoms with Crippen LogP contribution in [0.2, 0.25) is 5.02 Å². The molecule has 3 heterocycles. The van der Waals surface area contributed by atoms with Crippen LogP contribution in [0.15, 0.2) is 81.8 Å². The fraction of sp³-hybridized carbons (Fsp3) is 0. The molecule has 3 aromatic heterocycles. The highest BCUT2D eigenvalue weighted by Crippen LogP contribution is 2.30. The molecule has 5 rings (SSSR count). The first-order valence-electron chi connectivity index (χ1n) is 9.02. The maximum Gasteiger partial charge on any atom is 0.322 e. The normalized spacial score (nSPS) is 11.0. The maximum absolute atomic E-state index is 13.1. The van der Waals surface area contributed by atoms with Crippen LogP contribution in [0.5, 0.6) is 0 Å². The molecule has 0 bridgehead atoms. The number of carbonyl (C=O) groups excluding carboxylic acids is 1. The minimum absolute atomic E-state index is 0.0356. The predicted molar refractivity (Wildman–Crippen MR) is 112 cm³/mol. The number of pyridine rings is 1. The van der Waals surface area contributed by atoms with Gasteiger partial charge >= 0.3 is 6.01 Å². The summed E-state index contributed by atoms with van der Waals surface area (Å²) in [7, 11) is 0. The molecule has 0 saturated carbocycles. The van der Waals surface area contributed by atoms with E-state index >= 15 is 0 Å². The summed E-state index contributed by atoms with van der Waals surface area (Å²) in [6.07, 6.45) is 1.50. The fourth-order valence-electron chi connectivity index (χ4n) is 3.11. The predicted octanol–water partition coefficient (Wildman–Crippen LogP) is 5.45. The molecule has 0 aliphatic heterocycles. The first-order chi connectivity index (χ1) is 14.7. The zero-order valence-electron chi connectivity index (χ0n) is 15.4. The number of fused-ring (bicyclic) bond motifs is 1. The van der Waals surface area contributed by atoms with Crippen LogP contribution in [0.4, 0.5) is 6.01 Å². The van der Waals surface area contributed by atoms with Crippen molar-refractivity contribution in [2.45, 2.75) is 0 Å². The van der Waals surface area contributed by atoms with Gasteiger partial charge in [-0.25, -0.2) is 4.98 Å². The van der Waals surface area contributed by atoms with E-state index in [1.165, 1.54) is 6.26 Å². The standard InChI is InChI=1S/C22H13ClN4O3/c23-16-8-3-1-7-14(16)18-12-15(13-6-2-4-9-17(13)24-18)20(28)25-22-27-26-21(30-22)19-10-5-11-29-19/h1-12H,(H,25,27,28). The fourth-order valence-corrected chi connectivity index (χ4v) is 3.34. The average molecular weight is 417 g/mol. The first-order valence-corrected chi connectivity index (χ1v) is 9.40. The number of hydrogen-bond donors (Lipinski definition) is 1. The van der Waals surface area contributed by atoms with Crippen molar-refractivity contribution in [2.24, 2.45) is 0 Å². The summed E-state index contributed by atoms with van der Waals surface area (Å²) in [5.41, 5.74) is 2.40. The molecule has 30 heavy (non-hydrogen) atoms. The third kappa shape index (κ3) is 3.31. The van der Waals surface area contributed by atoms with Gasteiger partial charge in [0.05, 0.1) is 23.0 Å². The molecule has 0 atom stereocenters. The number of hydrogen-bond acceptors (Lipinski definition) is 6. The second-order valence-corrected chi connectivity index (χ2v) is 6.80. The van der Waals surface area contributed by atoms with Gasteiger partial charge in [0, 0.05) is 16.0 Å². The van der Waals surface area contributed by atoms with Crippen LogP contribution in [-0.4, -0.2) is 21.1 Å². The summed E-state index contributed by atoms with van der Waals surface area (Å²) in [5.74, 6) is 0.182. The minimum Gasteiger partial charge on any atom is -0.459 e. The summed E-state index contributed by atoms with van der Waals surface area (Å²) in [6, 6.07) is 19.8. The quantitative estimate of drug-likeness (QED) is 0.418. The number of amides is 1. The minimum atomic E-state index is -0.406. The van der Waals surface area contributed by atoms with Gasteiger partial charge in [-0.1, -0.05) is 53.1 Å². The van der Waals surface area contributed by atoms with E-state index in [1.54, 1.807) is 24.3 Å². The number of carbonyl (C=O) groups is 1. The number of para-hydroxylation sites is 1. The molecule has 146 valence electrons. The molecule has 0 spiro atoms. The van der Waals surface area contributed by atoms with Gasteiger partial charge in [-0.05, 0) is 30.3 Å². The lowest BCUT2D eigenvalue weighted by Gasteiger charge is -2.10. The highest BCUT2D eigenvalue weighted by Gasteiger charge is 2.18. The number of anilines is 1. The van der Waals surface area contributed by atoms with Crippen molar-refractivity contribution in [3.8, 4) is 22.9 Å². The van der Waals surface area contributed by atoms with Crippen molar-refractivity contribution in [3.05, 3.63) is 83.6 Å². The van der Waals surface area contributed by atoms with Gasteiger partial charge in [-0.15, -0.1) is 5.10 Å². The Balaban J connectivity index is 1.54. The number of nitrogens with zero attached hydrogens (tertiary/aromatic N) is 3. The Labute approximate surface area is 175 Å². The third-order valence-electron chi connectivity index (χ3n) is 4.49. The topological polar surface area (TPSA) is 94.1 Å². The highest BCUT2D eigenvalue weighted by molar-refractivity contribution is 6.33. The number of benzene rings is 2. The zero-order chi connectivity index (χ0) is 20.5. The van der Waals surface area contributed by atoms with Gasteiger partial charge in [-0.2, -0.15) is 0 Å². The smallest absolute Gasteiger partial charge is 0.322 e. The van der Waals surface area contributed by atoms with Crippen molar-refractivity contribution >= 4 is 34.4 Å². The average Bonchev–Trinajstić information content (AvgIpc) is 3.45. The largest absolute Gasteiger partial charge is 0.459 e. The molecule has 2 aromatic carbocycles. The van der Waals surface area contributed by atoms with Crippen molar-refractivity contribution < 1.29 is 13.6 Å². The maximum atomic E-state index is 13.1. The summed E-state index contributed by atoms with van der Waals surface area (Å²) in [4.78, 5) is 17.7. The molecular formula is C22H13ClN4O3. The summed E-state index contributed by atoms with van der Waals surface area (Å²) in [5, 5.41) is 11.6. The lowest BCUT2D eigenvalue weighted by atomic mass is 10.0. The van der Waals surface area contributed by atoms with Gasteiger partial charge in [0.2, 0.25) is 0 Å². The lowest BCUT2D eigenvalue weighted by molar-refractivity contribution is 0.102. The van der Waals surface area contributed by atoms with Crippen molar-refractivity contribution in [1.29, 1.82) is 0 Å². The van der Waals surface area contributed by atoms with E-state index in [-0.39, 0.29) is 11.9 Å². The SMILES string of the molecule is O=C(Nc1nnc(-c2ccco2)o1)c1cc(-c2ccccc2Cl)nc2ccccc12. The van der Waals surface area contributed by atoms with Crippen LogP contribution in [0.1, 0.15) is 10.4 Å². The van der Waals surface area contributed by atoms with E-state index < -0.39 is 5.91 Å². The molecule has 7 nitrogen and oxygen atoms in total. The van der Waals surface area contributed by atoms with E-state index in [0.29, 0.717) is 32.9 Å². The van der Waals surface area contributed by atoms with Crippen LogP contribution in [-0.2, 0) is 0 Å². The number of rotatable bonds is 4. The molecule has 0 saturated heterocycles. The van der Waals surface area contributed by atoms with Gasteiger partial charge in [0.15, 0.2) is 5.76 Å². The second kappa shape index (κ2) is 7.46. The van der Waals surface area contributed by atoms with Gasteiger partial charge in [-0.3, -0.25) is 10.1 Å². The summed E-state index contributed by atoms with van der Waals surface area (Å²) < 4.78 is 10.7. The number of nitrogens with one attached hydrogen (secondary N) is 1. The number of aromatic nitrogens is 3. The molecule has 0 fully saturated rings. The monoisotopic (exact) mass is 416 g/mol. The van der Waals surface area contributed by atoms with Crippen LogP contribution in [0, 0.1) is 0 Å². The lowest BCUT2D eigenvalue weighted by Crippen LogP contribution is -2.13. The van der Waals surface area contributed by atoms with E-state index in [0.717, 1.165) is 5.56 Å². The molecule has 0 unspecified atom stereocenters. The Kier molecular flexibility index (Phi) is 4.49. The number of furan rings is 1.